The van der Waals surface area contributed by atoms with E-state index in [1.165, 1.54) is 43.4 Å². The zero-order valence-electron chi connectivity index (χ0n) is 11.3. The molecule has 0 atom stereocenters. The highest BCUT2D eigenvalue weighted by Crippen LogP contribution is 2.31. The highest BCUT2D eigenvalue weighted by atomic mass is 79.9. The average Bonchev–Trinajstić information content (AvgIpc) is 3.03. The lowest BCUT2D eigenvalue weighted by Gasteiger charge is -2.11. The molecule has 1 saturated carbocycles. The summed E-state index contributed by atoms with van der Waals surface area (Å²) in [6, 6.07) is 8.46. The third kappa shape index (κ3) is 2.76. The average molecular weight is 319 g/mol. The van der Waals surface area contributed by atoms with Crippen molar-refractivity contribution in [2.75, 3.05) is 0 Å². The smallest absolute Gasteiger partial charge is 0.0953 e. The van der Waals surface area contributed by atoms with Crippen molar-refractivity contribution in [2.45, 2.75) is 32.1 Å². The predicted molar refractivity (Wildman–Crippen MR) is 82.0 cm³/mol. The summed E-state index contributed by atoms with van der Waals surface area (Å²) in [6.07, 6.45) is 8.67. The molecule has 0 amide bonds. The van der Waals surface area contributed by atoms with Crippen molar-refractivity contribution in [3.8, 4) is 11.3 Å². The first-order valence-electron chi connectivity index (χ1n) is 7.00. The fourth-order valence-corrected chi connectivity index (χ4v) is 3.30. The molecule has 2 aromatic rings. The molecule has 1 fully saturated rings. The van der Waals surface area contributed by atoms with Crippen molar-refractivity contribution < 1.29 is 0 Å². The van der Waals surface area contributed by atoms with Crippen LogP contribution in [0.4, 0.5) is 0 Å². The molecule has 1 aromatic heterocycles. The molecule has 3 rings (SSSR count). The Morgan fingerprint density at radius 2 is 1.89 bits per heavy atom. The summed E-state index contributed by atoms with van der Waals surface area (Å²) in [5.74, 6) is 0.851. The van der Waals surface area contributed by atoms with E-state index in [-0.39, 0.29) is 0 Å². The number of aromatic nitrogens is 2. The van der Waals surface area contributed by atoms with Gasteiger partial charge in [0.1, 0.15) is 0 Å². The molecule has 1 aliphatic carbocycles. The Kier molecular flexibility index (Phi) is 3.74. The van der Waals surface area contributed by atoms with Gasteiger partial charge in [-0.1, -0.05) is 53.7 Å². The summed E-state index contributed by atoms with van der Waals surface area (Å²) >= 11 is 3.49. The monoisotopic (exact) mass is 318 g/mol. The lowest BCUT2D eigenvalue weighted by molar-refractivity contribution is 0.530. The summed E-state index contributed by atoms with van der Waals surface area (Å²) in [7, 11) is 2.11. The molecule has 1 aromatic carbocycles. The standard InChI is InChI=1S/C16H19BrN2/c1-19-11-18-16(13-6-8-14(17)9-7-13)15(19)10-12-4-2-3-5-12/h6-9,11-12H,2-5,10H2,1H3. The van der Waals surface area contributed by atoms with Gasteiger partial charge in [0.05, 0.1) is 12.0 Å². The molecule has 0 radical (unpaired) electrons. The predicted octanol–water partition coefficient (Wildman–Crippen LogP) is 4.58. The van der Waals surface area contributed by atoms with Crippen LogP contribution in [0.2, 0.25) is 0 Å². The lowest BCUT2D eigenvalue weighted by atomic mass is 9.98. The molecule has 0 N–H and O–H groups in total. The lowest BCUT2D eigenvalue weighted by Crippen LogP contribution is -2.05. The molecular weight excluding hydrogens is 300 g/mol. The van der Waals surface area contributed by atoms with Crippen LogP contribution in [0.15, 0.2) is 35.1 Å². The largest absolute Gasteiger partial charge is 0.337 e. The molecule has 100 valence electrons. The van der Waals surface area contributed by atoms with Crippen LogP contribution >= 0.6 is 15.9 Å². The quantitative estimate of drug-likeness (QED) is 0.809. The van der Waals surface area contributed by atoms with Gasteiger partial charge in [-0.2, -0.15) is 0 Å². The fourth-order valence-electron chi connectivity index (χ4n) is 3.03. The van der Waals surface area contributed by atoms with Crippen molar-refractivity contribution in [3.63, 3.8) is 0 Å². The van der Waals surface area contributed by atoms with Gasteiger partial charge in [-0.3, -0.25) is 0 Å². The van der Waals surface area contributed by atoms with Crippen molar-refractivity contribution in [1.82, 2.24) is 9.55 Å². The molecule has 2 nitrogen and oxygen atoms in total. The maximum Gasteiger partial charge on any atom is 0.0953 e. The molecule has 1 aliphatic rings. The molecule has 0 bridgehead atoms. The van der Waals surface area contributed by atoms with Gasteiger partial charge in [0, 0.05) is 22.8 Å². The van der Waals surface area contributed by atoms with E-state index in [0.29, 0.717) is 0 Å². The summed E-state index contributed by atoms with van der Waals surface area (Å²) < 4.78 is 3.31. The highest BCUT2D eigenvalue weighted by molar-refractivity contribution is 9.10. The van der Waals surface area contributed by atoms with Crippen molar-refractivity contribution in [1.29, 1.82) is 0 Å². The molecule has 0 aliphatic heterocycles. The zero-order valence-corrected chi connectivity index (χ0v) is 12.9. The Bertz CT molecular complexity index is 551. The van der Waals surface area contributed by atoms with Crippen LogP contribution < -0.4 is 0 Å². The second-order valence-corrected chi connectivity index (χ2v) is 6.43. The molecule has 0 spiro atoms. The van der Waals surface area contributed by atoms with E-state index < -0.39 is 0 Å². The Balaban J connectivity index is 1.91. The van der Waals surface area contributed by atoms with Crippen molar-refractivity contribution in [2.24, 2.45) is 13.0 Å². The number of rotatable bonds is 3. The normalized spacial score (nSPS) is 16.1. The van der Waals surface area contributed by atoms with E-state index >= 15 is 0 Å². The van der Waals surface area contributed by atoms with Gasteiger partial charge in [0.15, 0.2) is 0 Å². The maximum absolute atomic E-state index is 4.61. The summed E-state index contributed by atoms with van der Waals surface area (Å²) in [5, 5.41) is 0. The molecular formula is C16H19BrN2. The third-order valence-electron chi connectivity index (χ3n) is 4.13. The first kappa shape index (κ1) is 12.9. The number of hydrogen-bond acceptors (Lipinski definition) is 1. The molecule has 0 saturated heterocycles. The zero-order chi connectivity index (χ0) is 13.2. The SMILES string of the molecule is Cn1cnc(-c2ccc(Br)cc2)c1CC1CCCC1. The molecule has 1 heterocycles. The van der Waals surface area contributed by atoms with E-state index in [1.54, 1.807) is 0 Å². The molecule has 3 heteroatoms. The van der Waals surface area contributed by atoms with E-state index in [4.69, 9.17) is 0 Å². The van der Waals surface area contributed by atoms with Gasteiger partial charge < -0.3 is 4.57 Å². The van der Waals surface area contributed by atoms with Gasteiger partial charge in [0.2, 0.25) is 0 Å². The van der Waals surface area contributed by atoms with Crippen LogP contribution in [0.25, 0.3) is 11.3 Å². The summed E-state index contributed by atoms with van der Waals surface area (Å²) in [6.45, 7) is 0. The van der Waals surface area contributed by atoms with E-state index in [1.807, 2.05) is 6.33 Å². The molecule has 19 heavy (non-hydrogen) atoms. The first-order valence-corrected chi connectivity index (χ1v) is 7.79. The Hall–Kier alpha value is -1.09. The van der Waals surface area contributed by atoms with Gasteiger partial charge in [-0.25, -0.2) is 4.98 Å². The second kappa shape index (κ2) is 5.49. The number of hydrogen-bond donors (Lipinski definition) is 0. The van der Waals surface area contributed by atoms with Crippen LogP contribution in [0.3, 0.4) is 0 Å². The third-order valence-corrected chi connectivity index (χ3v) is 4.66. The van der Waals surface area contributed by atoms with E-state index in [2.05, 4.69) is 56.8 Å². The highest BCUT2D eigenvalue weighted by Gasteiger charge is 2.20. The number of halogens is 1. The number of benzene rings is 1. The van der Waals surface area contributed by atoms with Crippen LogP contribution in [0, 0.1) is 5.92 Å². The topological polar surface area (TPSA) is 17.8 Å². The minimum absolute atomic E-state index is 0.851. The Labute approximate surface area is 123 Å². The summed E-state index contributed by atoms with van der Waals surface area (Å²) in [4.78, 5) is 4.61. The summed E-state index contributed by atoms with van der Waals surface area (Å²) in [5.41, 5.74) is 3.76. The number of imidazole rings is 1. The van der Waals surface area contributed by atoms with Crippen LogP contribution in [-0.2, 0) is 13.5 Å². The second-order valence-electron chi connectivity index (χ2n) is 5.51. The van der Waals surface area contributed by atoms with Gasteiger partial charge in [0.25, 0.3) is 0 Å². The van der Waals surface area contributed by atoms with Crippen LogP contribution in [0.5, 0.6) is 0 Å². The Morgan fingerprint density at radius 1 is 1.21 bits per heavy atom. The van der Waals surface area contributed by atoms with Gasteiger partial charge in [-0.15, -0.1) is 0 Å². The number of nitrogens with zero attached hydrogens (tertiary/aromatic N) is 2. The maximum atomic E-state index is 4.61. The minimum atomic E-state index is 0.851. The van der Waals surface area contributed by atoms with Gasteiger partial charge >= 0.3 is 0 Å². The first-order chi connectivity index (χ1) is 9.24. The van der Waals surface area contributed by atoms with Gasteiger partial charge in [-0.05, 0) is 24.5 Å². The molecule has 0 unspecified atom stereocenters. The van der Waals surface area contributed by atoms with E-state index in [0.717, 1.165) is 16.1 Å². The minimum Gasteiger partial charge on any atom is -0.337 e. The van der Waals surface area contributed by atoms with Crippen molar-refractivity contribution >= 4 is 15.9 Å². The van der Waals surface area contributed by atoms with E-state index in [9.17, 15) is 0 Å². The van der Waals surface area contributed by atoms with Crippen LogP contribution in [0.1, 0.15) is 31.4 Å². The fraction of sp³-hybridized carbons (Fsp3) is 0.438. The Morgan fingerprint density at radius 3 is 2.58 bits per heavy atom. The number of aryl methyl sites for hydroxylation is 1. The van der Waals surface area contributed by atoms with Crippen LogP contribution in [-0.4, -0.2) is 9.55 Å². The van der Waals surface area contributed by atoms with Crippen molar-refractivity contribution in [3.05, 3.63) is 40.8 Å².